The molecule has 1 aromatic rings. The van der Waals surface area contributed by atoms with E-state index < -0.39 is 0 Å². The summed E-state index contributed by atoms with van der Waals surface area (Å²) in [6.07, 6.45) is 10.7. The SMILES string of the molecule is CCCNC(Cc1cnn(C)c1)C1CCC(C)C1. The fourth-order valence-corrected chi connectivity index (χ4v) is 3.18. The maximum absolute atomic E-state index is 4.28. The van der Waals surface area contributed by atoms with Crippen molar-refractivity contribution in [3.8, 4) is 0 Å². The molecular formula is C15H27N3. The van der Waals surface area contributed by atoms with Crippen molar-refractivity contribution in [2.24, 2.45) is 18.9 Å². The Kier molecular flexibility index (Phi) is 4.81. The second-order valence-electron chi connectivity index (χ2n) is 5.97. The van der Waals surface area contributed by atoms with Crippen molar-refractivity contribution in [3.63, 3.8) is 0 Å². The average Bonchev–Trinajstić information content (AvgIpc) is 2.93. The van der Waals surface area contributed by atoms with Gasteiger partial charge in [-0.1, -0.05) is 20.3 Å². The number of aromatic nitrogens is 2. The van der Waals surface area contributed by atoms with E-state index in [0.717, 1.165) is 24.8 Å². The Balaban J connectivity index is 1.96. The molecular weight excluding hydrogens is 222 g/mol. The highest BCUT2D eigenvalue weighted by atomic mass is 15.2. The molecule has 1 heterocycles. The van der Waals surface area contributed by atoms with Crippen LogP contribution in [0, 0.1) is 11.8 Å². The third-order valence-corrected chi connectivity index (χ3v) is 4.17. The zero-order valence-corrected chi connectivity index (χ0v) is 12.0. The van der Waals surface area contributed by atoms with Gasteiger partial charge in [0.05, 0.1) is 6.20 Å². The van der Waals surface area contributed by atoms with E-state index in [9.17, 15) is 0 Å². The maximum Gasteiger partial charge on any atom is 0.0522 e. The summed E-state index contributed by atoms with van der Waals surface area (Å²) in [4.78, 5) is 0. The summed E-state index contributed by atoms with van der Waals surface area (Å²) >= 11 is 0. The van der Waals surface area contributed by atoms with Crippen molar-refractivity contribution in [1.29, 1.82) is 0 Å². The van der Waals surface area contributed by atoms with E-state index >= 15 is 0 Å². The minimum absolute atomic E-state index is 0.638. The standard InChI is InChI=1S/C15H27N3/c1-4-7-16-15(14-6-5-12(2)8-14)9-13-10-17-18(3)11-13/h10-12,14-16H,4-9H2,1-3H3. The predicted octanol–water partition coefficient (Wildman–Crippen LogP) is 2.77. The van der Waals surface area contributed by atoms with Crippen molar-refractivity contribution in [3.05, 3.63) is 18.0 Å². The quantitative estimate of drug-likeness (QED) is 0.840. The topological polar surface area (TPSA) is 29.9 Å². The van der Waals surface area contributed by atoms with Crippen LogP contribution in [0.15, 0.2) is 12.4 Å². The molecule has 3 atom stereocenters. The monoisotopic (exact) mass is 249 g/mol. The molecule has 3 nitrogen and oxygen atoms in total. The Morgan fingerprint density at radius 1 is 1.50 bits per heavy atom. The summed E-state index contributed by atoms with van der Waals surface area (Å²) in [5.74, 6) is 1.77. The van der Waals surface area contributed by atoms with Gasteiger partial charge in [0.25, 0.3) is 0 Å². The smallest absolute Gasteiger partial charge is 0.0522 e. The van der Waals surface area contributed by atoms with Crippen LogP contribution in [0.4, 0.5) is 0 Å². The van der Waals surface area contributed by atoms with Gasteiger partial charge in [-0.05, 0) is 49.6 Å². The zero-order chi connectivity index (χ0) is 13.0. The van der Waals surface area contributed by atoms with Crippen LogP contribution in [-0.4, -0.2) is 22.4 Å². The van der Waals surface area contributed by atoms with Gasteiger partial charge in [0.15, 0.2) is 0 Å². The van der Waals surface area contributed by atoms with E-state index in [1.54, 1.807) is 0 Å². The van der Waals surface area contributed by atoms with Gasteiger partial charge in [0.2, 0.25) is 0 Å². The number of aryl methyl sites for hydroxylation is 1. The van der Waals surface area contributed by atoms with Gasteiger partial charge >= 0.3 is 0 Å². The molecule has 0 bridgehead atoms. The molecule has 1 N–H and O–H groups in total. The molecule has 0 aliphatic heterocycles. The van der Waals surface area contributed by atoms with E-state index in [2.05, 4.69) is 30.5 Å². The highest BCUT2D eigenvalue weighted by Gasteiger charge is 2.28. The lowest BCUT2D eigenvalue weighted by molar-refractivity contribution is 0.348. The fraction of sp³-hybridized carbons (Fsp3) is 0.800. The van der Waals surface area contributed by atoms with Crippen LogP contribution >= 0.6 is 0 Å². The van der Waals surface area contributed by atoms with Gasteiger partial charge in [0.1, 0.15) is 0 Å². The molecule has 102 valence electrons. The Bertz CT molecular complexity index is 358. The van der Waals surface area contributed by atoms with Crippen LogP contribution in [0.1, 0.15) is 45.1 Å². The highest BCUT2D eigenvalue weighted by Crippen LogP contribution is 2.33. The molecule has 0 radical (unpaired) electrons. The normalized spacial score (nSPS) is 25.5. The van der Waals surface area contributed by atoms with E-state index in [-0.39, 0.29) is 0 Å². The van der Waals surface area contributed by atoms with Crippen molar-refractivity contribution in [2.45, 2.75) is 52.0 Å². The number of hydrogen-bond acceptors (Lipinski definition) is 2. The lowest BCUT2D eigenvalue weighted by atomic mass is 9.92. The van der Waals surface area contributed by atoms with Crippen molar-refractivity contribution in [2.75, 3.05) is 6.54 Å². The van der Waals surface area contributed by atoms with E-state index in [1.807, 2.05) is 17.9 Å². The number of nitrogens with zero attached hydrogens (tertiary/aromatic N) is 2. The first-order valence-corrected chi connectivity index (χ1v) is 7.40. The van der Waals surface area contributed by atoms with Gasteiger partial charge in [-0.3, -0.25) is 4.68 Å². The average molecular weight is 249 g/mol. The number of rotatable bonds is 6. The van der Waals surface area contributed by atoms with Gasteiger partial charge in [-0.25, -0.2) is 0 Å². The summed E-state index contributed by atoms with van der Waals surface area (Å²) in [5, 5.41) is 8.03. The first-order chi connectivity index (χ1) is 8.69. The second-order valence-corrected chi connectivity index (χ2v) is 5.97. The lowest BCUT2D eigenvalue weighted by Crippen LogP contribution is -2.37. The van der Waals surface area contributed by atoms with Crippen LogP contribution in [0.5, 0.6) is 0 Å². The Labute approximate surface area is 111 Å². The van der Waals surface area contributed by atoms with Crippen molar-refractivity contribution < 1.29 is 0 Å². The highest BCUT2D eigenvalue weighted by molar-refractivity contribution is 5.07. The molecule has 0 spiro atoms. The maximum atomic E-state index is 4.28. The van der Waals surface area contributed by atoms with Crippen molar-refractivity contribution >= 4 is 0 Å². The van der Waals surface area contributed by atoms with Crippen LogP contribution < -0.4 is 5.32 Å². The molecule has 1 aliphatic carbocycles. The summed E-state index contributed by atoms with van der Waals surface area (Å²) in [6, 6.07) is 0.638. The summed E-state index contributed by atoms with van der Waals surface area (Å²) in [7, 11) is 2.00. The summed E-state index contributed by atoms with van der Waals surface area (Å²) in [5.41, 5.74) is 1.37. The Morgan fingerprint density at radius 2 is 2.33 bits per heavy atom. The van der Waals surface area contributed by atoms with Gasteiger partial charge in [-0.2, -0.15) is 5.10 Å². The fourth-order valence-electron chi connectivity index (χ4n) is 3.18. The van der Waals surface area contributed by atoms with Gasteiger partial charge < -0.3 is 5.32 Å². The largest absolute Gasteiger partial charge is 0.313 e. The Morgan fingerprint density at radius 3 is 2.89 bits per heavy atom. The number of nitrogens with one attached hydrogen (secondary N) is 1. The molecule has 3 heteroatoms. The first-order valence-electron chi connectivity index (χ1n) is 7.40. The van der Waals surface area contributed by atoms with Crippen LogP contribution in [0.25, 0.3) is 0 Å². The van der Waals surface area contributed by atoms with Gasteiger partial charge in [0, 0.05) is 19.3 Å². The second kappa shape index (κ2) is 6.37. The molecule has 0 aromatic carbocycles. The lowest BCUT2D eigenvalue weighted by Gasteiger charge is -2.24. The van der Waals surface area contributed by atoms with Gasteiger partial charge in [-0.15, -0.1) is 0 Å². The van der Waals surface area contributed by atoms with E-state index in [0.29, 0.717) is 6.04 Å². The molecule has 1 aliphatic rings. The Hall–Kier alpha value is -0.830. The molecule has 0 saturated heterocycles. The third-order valence-electron chi connectivity index (χ3n) is 4.17. The predicted molar refractivity (Wildman–Crippen MR) is 75.5 cm³/mol. The minimum Gasteiger partial charge on any atom is -0.313 e. The molecule has 1 saturated carbocycles. The molecule has 18 heavy (non-hydrogen) atoms. The van der Waals surface area contributed by atoms with Crippen LogP contribution in [0.2, 0.25) is 0 Å². The molecule has 1 fully saturated rings. The first kappa shape index (κ1) is 13.6. The molecule has 1 aromatic heterocycles. The van der Waals surface area contributed by atoms with Crippen molar-refractivity contribution in [1.82, 2.24) is 15.1 Å². The number of hydrogen-bond donors (Lipinski definition) is 1. The van der Waals surface area contributed by atoms with Crippen LogP contribution in [0.3, 0.4) is 0 Å². The third kappa shape index (κ3) is 3.58. The molecule has 0 amide bonds. The van der Waals surface area contributed by atoms with E-state index in [4.69, 9.17) is 0 Å². The summed E-state index contributed by atoms with van der Waals surface area (Å²) in [6.45, 7) is 5.77. The zero-order valence-electron chi connectivity index (χ0n) is 12.0. The molecule has 3 unspecified atom stereocenters. The minimum atomic E-state index is 0.638. The van der Waals surface area contributed by atoms with E-state index in [1.165, 1.54) is 31.2 Å². The molecule has 2 rings (SSSR count). The summed E-state index contributed by atoms with van der Waals surface area (Å²) < 4.78 is 1.91. The van der Waals surface area contributed by atoms with Crippen LogP contribution in [-0.2, 0) is 13.5 Å².